The first kappa shape index (κ1) is 17.8. The molecular weight excluding hydrogens is 342 g/mol. The van der Waals surface area contributed by atoms with Gasteiger partial charge in [-0.15, -0.1) is 10.2 Å². The maximum Gasteiger partial charge on any atom is 0.257 e. The van der Waals surface area contributed by atoms with Crippen molar-refractivity contribution < 1.29 is 4.79 Å². The van der Waals surface area contributed by atoms with Gasteiger partial charge in [0.2, 0.25) is 5.82 Å². The Labute approximate surface area is 155 Å². The Bertz CT molecular complexity index is 1030. The first-order valence-electron chi connectivity index (χ1n) is 8.16. The SMILES string of the molecule is Cc1ccc(NC(=O)c2ccccc2NC=C(C#N)c2nn[nH]n2)c(C)c1. The van der Waals surface area contributed by atoms with Crippen LogP contribution in [-0.4, -0.2) is 26.5 Å². The van der Waals surface area contributed by atoms with Crippen molar-refractivity contribution in [2.45, 2.75) is 13.8 Å². The summed E-state index contributed by atoms with van der Waals surface area (Å²) in [6.07, 6.45) is 1.44. The van der Waals surface area contributed by atoms with Crippen molar-refractivity contribution >= 4 is 22.9 Å². The number of allylic oxidation sites excluding steroid dienone is 1. The number of nitriles is 1. The predicted molar refractivity (Wildman–Crippen MR) is 102 cm³/mol. The molecule has 8 heteroatoms. The van der Waals surface area contributed by atoms with Gasteiger partial charge >= 0.3 is 0 Å². The van der Waals surface area contributed by atoms with Gasteiger partial charge in [-0.2, -0.15) is 10.5 Å². The number of aryl methyl sites for hydroxylation is 2. The Hall–Kier alpha value is -3.99. The summed E-state index contributed by atoms with van der Waals surface area (Å²) in [5.41, 5.74) is 4.05. The van der Waals surface area contributed by atoms with Crippen LogP contribution in [0.15, 0.2) is 48.7 Å². The molecule has 8 nitrogen and oxygen atoms in total. The number of amides is 1. The Kier molecular flexibility index (Phi) is 5.23. The van der Waals surface area contributed by atoms with Crippen LogP contribution in [0.5, 0.6) is 0 Å². The number of carbonyl (C=O) groups excluding carboxylic acids is 1. The van der Waals surface area contributed by atoms with Crippen LogP contribution in [0.1, 0.15) is 27.3 Å². The fourth-order valence-corrected chi connectivity index (χ4v) is 2.52. The number of H-pyrrole nitrogens is 1. The van der Waals surface area contributed by atoms with E-state index in [1.165, 1.54) is 6.20 Å². The third-order valence-electron chi connectivity index (χ3n) is 3.88. The van der Waals surface area contributed by atoms with Gasteiger partial charge < -0.3 is 10.6 Å². The first-order chi connectivity index (χ1) is 13.1. The van der Waals surface area contributed by atoms with E-state index in [2.05, 4.69) is 31.3 Å². The standard InChI is InChI=1S/C19H17N7O/c1-12-7-8-16(13(2)9-12)22-19(27)15-5-3-4-6-17(15)21-11-14(10-20)18-23-25-26-24-18/h3-9,11,21H,1-2H3,(H,22,27)(H,23,24,25,26). The molecule has 0 radical (unpaired) electrons. The predicted octanol–water partition coefficient (Wildman–Crippen LogP) is 3.05. The number of nitrogens with zero attached hydrogens (tertiary/aromatic N) is 4. The zero-order chi connectivity index (χ0) is 19.2. The largest absolute Gasteiger partial charge is 0.360 e. The van der Waals surface area contributed by atoms with Gasteiger partial charge in [0.05, 0.1) is 11.3 Å². The molecule has 3 N–H and O–H groups in total. The summed E-state index contributed by atoms with van der Waals surface area (Å²) < 4.78 is 0. The Morgan fingerprint density at radius 1 is 1.19 bits per heavy atom. The number of benzene rings is 2. The van der Waals surface area contributed by atoms with Crippen molar-refractivity contribution in [2.24, 2.45) is 0 Å². The van der Waals surface area contributed by atoms with Crippen molar-refractivity contribution in [3.63, 3.8) is 0 Å². The van der Waals surface area contributed by atoms with Gasteiger partial charge in [-0.05, 0) is 42.8 Å². The molecule has 0 aliphatic carbocycles. The summed E-state index contributed by atoms with van der Waals surface area (Å²) in [6, 6.07) is 14.8. The van der Waals surface area contributed by atoms with E-state index in [4.69, 9.17) is 0 Å². The molecule has 0 atom stereocenters. The van der Waals surface area contributed by atoms with E-state index in [9.17, 15) is 10.1 Å². The summed E-state index contributed by atoms with van der Waals surface area (Å²) in [5.74, 6) is -0.0845. The van der Waals surface area contributed by atoms with Gasteiger partial charge in [0.1, 0.15) is 11.6 Å². The van der Waals surface area contributed by atoms with Gasteiger partial charge in [-0.3, -0.25) is 4.79 Å². The van der Waals surface area contributed by atoms with Crippen LogP contribution in [0.3, 0.4) is 0 Å². The second-order valence-electron chi connectivity index (χ2n) is 5.87. The second kappa shape index (κ2) is 7.93. The number of nitrogens with one attached hydrogen (secondary N) is 3. The monoisotopic (exact) mass is 359 g/mol. The van der Waals surface area contributed by atoms with Gasteiger partial charge in [0.25, 0.3) is 5.91 Å². The summed E-state index contributed by atoms with van der Waals surface area (Å²) in [5, 5.41) is 28.4. The average Bonchev–Trinajstić information content (AvgIpc) is 3.19. The van der Waals surface area contributed by atoms with Gasteiger partial charge in [-0.1, -0.05) is 29.8 Å². The number of rotatable bonds is 5. The number of hydrogen-bond donors (Lipinski definition) is 3. The molecule has 3 aromatic rings. The second-order valence-corrected chi connectivity index (χ2v) is 5.87. The van der Waals surface area contributed by atoms with E-state index in [1.807, 2.05) is 38.1 Å². The van der Waals surface area contributed by atoms with Crippen molar-refractivity contribution in [2.75, 3.05) is 10.6 Å². The third-order valence-corrected chi connectivity index (χ3v) is 3.88. The molecule has 27 heavy (non-hydrogen) atoms. The molecule has 134 valence electrons. The lowest BCUT2D eigenvalue weighted by molar-refractivity contribution is 0.102. The van der Waals surface area contributed by atoms with E-state index in [0.717, 1.165) is 16.8 Å². The molecular formula is C19H17N7O. The highest BCUT2D eigenvalue weighted by molar-refractivity contribution is 6.08. The fraction of sp³-hybridized carbons (Fsp3) is 0.105. The Morgan fingerprint density at radius 2 is 2.00 bits per heavy atom. The molecule has 2 aromatic carbocycles. The molecule has 0 saturated carbocycles. The van der Waals surface area contributed by atoms with Crippen molar-refractivity contribution in [1.29, 1.82) is 5.26 Å². The molecule has 0 fully saturated rings. The number of carbonyl (C=O) groups is 1. The molecule has 1 aromatic heterocycles. The quantitative estimate of drug-likeness (QED) is 0.602. The van der Waals surface area contributed by atoms with Gasteiger partial charge in [-0.25, -0.2) is 0 Å². The zero-order valence-corrected chi connectivity index (χ0v) is 14.8. The van der Waals surface area contributed by atoms with Crippen LogP contribution in [0, 0.1) is 25.2 Å². The minimum Gasteiger partial charge on any atom is -0.360 e. The molecule has 0 unspecified atom stereocenters. The maximum atomic E-state index is 12.7. The Morgan fingerprint density at radius 3 is 2.70 bits per heavy atom. The number of para-hydroxylation sites is 1. The average molecular weight is 359 g/mol. The first-order valence-corrected chi connectivity index (χ1v) is 8.16. The van der Waals surface area contributed by atoms with Gasteiger partial charge in [0, 0.05) is 11.9 Å². The molecule has 0 aliphatic rings. The topological polar surface area (TPSA) is 119 Å². The van der Waals surface area contributed by atoms with Crippen LogP contribution in [0.2, 0.25) is 0 Å². The smallest absolute Gasteiger partial charge is 0.257 e. The summed E-state index contributed by atoms with van der Waals surface area (Å²) >= 11 is 0. The normalized spacial score (nSPS) is 10.9. The lowest BCUT2D eigenvalue weighted by Gasteiger charge is -2.12. The zero-order valence-electron chi connectivity index (χ0n) is 14.8. The van der Waals surface area contributed by atoms with Crippen molar-refractivity contribution in [1.82, 2.24) is 20.6 Å². The highest BCUT2D eigenvalue weighted by Gasteiger charge is 2.13. The van der Waals surface area contributed by atoms with E-state index in [-0.39, 0.29) is 17.3 Å². The molecule has 1 heterocycles. The number of hydrogen-bond acceptors (Lipinski definition) is 6. The van der Waals surface area contributed by atoms with Crippen LogP contribution < -0.4 is 10.6 Å². The van der Waals surface area contributed by atoms with Crippen LogP contribution >= 0.6 is 0 Å². The number of anilines is 2. The molecule has 0 bridgehead atoms. The van der Waals surface area contributed by atoms with Crippen LogP contribution in [-0.2, 0) is 0 Å². The summed E-state index contributed by atoms with van der Waals surface area (Å²) in [7, 11) is 0. The van der Waals surface area contributed by atoms with Gasteiger partial charge in [0.15, 0.2) is 0 Å². The van der Waals surface area contributed by atoms with E-state index >= 15 is 0 Å². The number of aromatic nitrogens is 4. The van der Waals surface area contributed by atoms with E-state index in [1.54, 1.807) is 24.3 Å². The third kappa shape index (κ3) is 4.16. The molecule has 0 aliphatic heterocycles. The Balaban J connectivity index is 1.83. The number of tetrazole rings is 1. The summed E-state index contributed by atoms with van der Waals surface area (Å²) in [4.78, 5) is 12.7. The fourth-order valence-electron chi connectivity index (χ4n) is 2.52. The molecule has 0 spiro atoms. The van der Waals surface area contributed by atoms with Crippen molar-refractivity contribution in [3.8, 4) is 6.07 Å². The molecule has 0 saturated heterocycles. The maximum absolute atomic E-state index is 12.7. The minimum atomic E-state index is -0.253. The minimum absolute atomic E-state index is 0.169. The molecule has 3 rings (SSSR count). The summed E-state index contributed by atoms with van der Waals surface area (Å²) in [6.45, 7) is 3.94. The van der Waals surface area contributed by atoms with Crippen molar-refractivity contribution in [3.05, 3.63) is 71.2 Å². The van der Waals surface area contributed by atoms with E-state index < -0.39 is 0 Å². The lowest BCUT2D eigenvalue weighted by atomic mass is 10.1. The lowest BCUT2D eigenvalue weighted by Crippen LogP contribution is -2.14. The van der Waals surface area contributed by atoms with E-state index in [0.29, 0.717) is 11.3 Å². The highest BCUT2D eigenvalue weighted by Crippen LogP contribution is 2.21. The highest BCUT2D eigenvalue weighted by atomic mass is 16.1. The van der Waals surface area contributed by atoms with Crippen LogP contribution in [0.25, 0.3) is 5.57 Å². The molecule has 1 amide bonds. The van der Waals surface area contributed by atoms with Crippen LogP contribution in [0.4, 0.5) is 11.4 Å². The number of aromatic amines is 1.